The second-order valence-corrected chi connectivity index (χ2v) is 3.90. The van der Waals surface area contributed by atoms with Crippen LogP contribution in [0.3, 0.4) is 0 Å². The van der Waals surface area contributed by atoms with Crippen LogP contribution in [-0.2, 0) is 21.1 Å². The van der Waals surface area contributed by atoms with Gasteiger partial charge in [0.05, 0.1) is 12.4 Å². The molecule has 0 saturated heterocycles. The maximum absolute atomic E-state index is 12.8. The molecule has 20 heavy (non-hydrogen) atoms. The van der Waals surface area contributed by atoms with Gasteiger partial charge in [-0.15, -0.1) is 0 Å². The van der Waals surface area contributed by atoms with Crippen LogP contribution in [-0.4, -0.2) is 17.5 Å². The Hall–Kier alpha value is -1.75. The number of nitrogens with zero attached hydrogens (tertiary/aromatic N) is 4. The molecule has 0 fully saturated rings. The maximum Gasteiger partial charge on any atom is 0.402 e. The molecule has 4 nitrogen and oxygen atoms in total. The molecule has 0 unspecified atom stereocenters. The molecule has 0 saturated carbocycles. The minimum absolute atomic E-state index is 0. The van der Waals surface area contributed by atoms with Crippen LogP contribution in [0.15, 0.2) is 49.1 Å². The summed E-state index contributed by atoms with van der Waals surface area (Å²) in [5.41, 5.74) is 0. The Morgan fingerprint density at radius 3 is 1.60 bits per heavy atom. The van der Waals surface area contributed by atoms with E-state index in [9.17, 15) is 8.78 Å². The molecule has 0 atom stereocenters. The van der Waals surface area contributed by atoms with Crippen molar-refractivity contribution < 1.29 is 29.8 Å². The molecule has 2 aromatic rings. The summed E-state index contributed by atoms with van der Waals surface area (Å²) in [7, 11) is 1.72. The zero-order chi connectivity index (χ0) is 13.2. The minimum atomic E-state index is -0.385. The quantitative estimate of drug-likeness (QED) is 0.654. The van der Waals surface area contributed by atoms with Gasteiger partial charge in [-0.05, 0) is 24.3 Å². The van der Waals surface area contributed by atoms with E-state index in [2.05, 4.69) is 9.97 Å². The Balaban J connectivity index is 0.00000147. The number of anilines is 2. The van der Waals surface area contributed by atoms with Crippen molar-refractivity contribution in [1.29, 1.82) is 0 Å². The fourth-order valence-electron chi connectivity index (χ4n) is 1.67. The second-order valence-electron chi connectivity index (χ2n) is 3.90. The van der Waals surface area contributed by atoms with E-state index in [1.165, 1.54) is 12.1 Å². The third kappa shape index (κ3) is 3.04. The maximum atomic E-state index is 12.8. The number of aromatic nitrogens is 2. The van der Waals surface area contributed by atoms with Crippen molar-refractivity contribution in [3.8, 4) is 0 Å². The van der Waals surface area contributed by atoms with E-state index in [0.29, 0.717) is 11.6 Å². The molecule has 0 aromatic carbocycles. The number of hydrogen-bond acceptors (Lipinski definition) is 4. The van der Waals surface area contributed by atoms with Gasteiger partial charge in [0.15, 0.2) is 0 Å². The predicted molar refractivity (Wildman–Crippen MR) is 68.2 cm³/mol. The minimum Gasteiger partial charge on any atom is -0.358 e. The molecule has 3 rings (SSSR count). The van der Waals surface area contributed by atoms with E-state index in [0.717, 1.165) is 12.4 Å². The van der Waals surface area contributed by atoms with Crippen molar-refractivity contribution >= 4 is 19.2 Å². The molecule has 0 spiro atoms. The van der Waals surface area contributed by atoms with Gasteiger partial charge in [-0.2, -0.15) is 0 Å². The first-order chi connectivity index (χ1) is 9.22. The van der Waals surface area contributed by atoms with Gasteiger partial charge in [0.25, 0.3) is 0 Å². The van der Waals surface area contributed by atoms with Crippen LogP contribution >= 0.6 is 0 Å². The Kier molecular flexibility index (Phi) is 4.50. The zero-order valence-electron chi connectivity index (χ0n) is 10.1. The molecule has 1 aliphatic rings. The Bertz CT molecular complexity index is 552. The Morgan fingerprint density at radius 1 is 0.800 bits per heavy atom. The molecule has 1 aliphatic heterocycles. The van der Waals surface area contributed by atoms with Crippen LogP contribution in [0.1, 0.15) is 0 Å². The summed E-state index contributed by atoms with van der Waals surface area (Å²) in [6.45, 7) is 0. The van der Waals surface area contributed by atoms with Gasteiger partial charge < -0.3 is 9.62 Å². The standard InChI is InChI=1S/C12H8BF2N4.Pt/c14-9-1-3-11(16-7-9)18-5-6-19(13-18)12-4-2-10(15)8-17-12;/h1-8H;. The molecule has 0 bridgehead atoms. The van der Waals surface area contributed by atoms with Gasteiger partial charge in [0.2, 0.25) is 0 Å². The van der Waals surface area contributed by atoms with Crippen molar-refractivity contribution in [3.05, 3.63) is 60.7 Å². The van der Waals surface area contributed by atoms with Gasteiger partial charge in [0.1, 0.15) is 23.3 Å². The SMILES string of the molecule is Fc1ccc(N2[B]N(c3ccc(F)cn3)C=C2)nc1.[Pt]. The second kappa shape index (κ2) is 6.14. The molecular weight excluding hydrogens is 444 g/mol. The third-order valence-corrected chi connectivity index (χ3v) is 2.59. The molecule has 103 valence electrons. The summed E-state index contributed by atoms with van der Waals surface area (Å²) in [6, 6.07) is 5.81. The van der Waals surface area contributed by atoms with Gasteiger partial charge in [-0.3, -0.25) is 0 Å². The first kappa shape index (κ1) is 14.7. The van der Waals surface area contributed by atoms with E-state index in [1.54, 1.807) is 41.7 Å². The zero-order valence-corrected chi connectivity index (χ0v) is 12.3. The van der Waals surface area contributed by atoms with Crippen molar-refractivity contribution in [2.75, 3.05) is 9.62 Å². The molecule has 0 N–H and O–H groups in total. The van der Waals surface area contributed by atoms with Crippen molar-refractivity contribution in [3.63, 3.8) is 0 Å². The van der Waals surface area contributed by atoms with E-state index in [-0.39, 0.29) is 32.7 Å². The van der Waals surface area contributed by atoms with Crippen LogP contribution in [0.25, 0.3) is 0 Å². The van der Waals surface area contributed by atoms with Crippen LogP contribution in [0.4, 0.5) is 20.4 Å². The van der Waals surface area contributed by atoms with Crippen LogP contribution < -0.4 is 9.62 Å². The summed E-state index contributed by atoms with van der Waals surface area (Å²) in [5, 5.41) is 0. The monoisotopic (exact) mass is 452 g/mol. The van der Waals surface area contributed by atoms with Gasteiger partial charge in [0, 0.05) is 33.5 Å². The fraction of sp³-hybridized carbons (Fsp3) is 0. The largest absolute Gasteiger partial charge is 0.402 e. The number of pyridine rings is 2. The molecule has 0 amide bonds. The average Bonchev–Trinajstić information content (AvgIpc) is 2.90. The first-order valence-corrected chi connectivity index (χ1v) is 5.55. The Morgan fingerprint density at radius 2 is 1.25 bits per heavy atom. The van der Waals surface area contributed by atoms with Crippen molar-refractivity contribution in [2.24, 2.45) is 0 Å². The topological polar surface area (TPSA) is 32.3 Å². The summed E-state index contributed by atoms with van der Waals surface area (Å²) >= 11 is 0. The van der Waals surface area contributed by atoms with Gasteiger partial charge in [-0.1, -0.05) is 0 Å². The summed E-state index contributed by atoms with van der Waals surface area (Å²) in [6.07, 6.45) is 5.81. The van der Waals surface area contributed by atoms with Crippen LogP contribution in [0, 0.1) is 11.6 Å². The first-order valence-electron chi connectivity index (χ1n) is 5.55. The third-order valence-electron chi connectivity index (χ3n) is 2.59. The summed E-state index contributed by atoms with van der Waals surface area (Å²) < 4.78 is 25.6. The number of rotatable bonds is 2. The van der Waals surface area contributed by atoms with E-state index in [1.807, 2.05) is 0 Å². The number of hydrogen-bond donors (Lipinski definition) is 0. The van der Waals surface area contributed by atoms with E-state index in [4.69, 9.17) is 0 Å². The van der Waals surface area contributed by atoms with Crippen LogP contribution in [0.5, 0.6) is 0 Å². The van der Waals surface area contributed by atoms with Gasteiger partial charge >= 0.3 is 7.55 Å². The van der Waals surface area contributed by atoms with Crippen LogP contribution in [0.2, 0.25) is 0 Å². The normalized spacial score (nSPS) is 13.1. The smallest absolute Gasteiger partial charge is 0.358 e. The fourth-order valence-corrected chi connectivity index (χ4v) is 1.67. The summed E-state index contributed by atoms with van der Waals surface area (Å²) in [5.74, 6) is 0.400. The average molecular weight is 452 g/mol. The van der Waals surface area contributed by atoms with Crippen molar-refractivity contribution in [1.82, 2.24) is 9.97 Å². The van der Waals surface area contributed by atoms with Gasteiger partial charge in [-0.25, -0.2) is 18.7 Å². The molecule has 8 heteroatoms. The van der Waals surface area contributed by atoms with Crippen molar-refractivity contribution in [2.45, 2.75) is 0 Å². The molecular formula is C12H8BF2N4Pt. The summed E-state index contributed by atoms with van der Waals surface area (Å²) in [4.78, 5) is 11.4. The van der Waals surface area contributed by atoms with E-state index >= 15 is 0 Å². The molecule has 2 aromatic heterocycles. The Labute approximate surface area is 129 Å². The number of halogens is 2. The molecule has 0 aliphatic carbocycles. The molecule has 3 heterocycles. The molecule has 1 radical (unpaired) electrons. The van der Waals surface area contributed by atoms with E-state index < -0.39 is 0 Å². The predicted octanol–water partition coefficient (Wildman–Crippen LogP) is 2.08.